The maximum atomic E-state index is 12.5. The first kappa shape index (κ1) is 23.8. The van der Waals surface area contributed by atoms with Crippen molar-refractivity contribution in [1.82, 2.24) is 4.98 Å². The second-order valence-corrected chi connectivity index (χ2v) is 7.42. The van der Waals surface area contributed by atoms with Gasteiger partial charge in [0.15, 0.2) is 5.78 Å². The van der Waals surface area contributed by atoms with Crippen LogP contribution in [0.25, 0.3) is 0 Å². The number of nitrogens with two attached hydrogens (primary N) is 1. The molecule has 0 atom stereocenters. The number of rotatable bonds is 4. The molecule has 1 aliphatic rings. The van der Waals surface area contributed by atoms with Crippen LogP contribution in [0.1, 0.15) is 44.7 Å². The lowest BCUT2D eigenvalue weighted by Crippen LogP contribution is -2.23. The maximum Gasteiger partial charge on any atom is 0.417 e. The quantitative estimate of drug-likeness (QED) is 0.579. The summed E-state index contributed by atoms with van der Waals surface area (Å²) in [5.41, 5.74) is 6.46. The predicted molar refractivity (Wildman–Crippen MR) is 118 cm³/mol. The van der Waals surface area contributed by atoms with E-state index in [1.165, 1.54) is 0 Å². The first-order valence-electron chi connectivity index (χ1n) is 10.2. The van der Waals surface area contributed by atoms with Gasteiger partial charge < -0.3 is 15.6 Å². The van der Waals surface area contributed by atoms with Gasteiger partial charge >= 0.3 is 6.18 Å². The van der Waals surface area contributed by atoms with Crippen LogP contribution in [-0.4, -0.2) is 29.8 Å². The van der Waals surface area contributed by atoms with Crippen molar-refractivity contribution < 1.29 is 22.8 Å². The first-order chi connectivity index (χ1) is 15.7. The average molecular weight is 457 g/mol. The van der Waals surface area contributed by atoms with Crippen molar-refractivity contribution in [2.75, 3.05) is 18.0 Å². The molecular formula is C24H22F3N3O3. The minimum atomic E-state index is -4.38. The smallest absolute Gasteiger partial charge is 0.371 e. The van der Waals surface area contributed by atoms with E-state index in [2.05, 4.69) is 4.90 Å². The van der Waals surface area contributed by atoms with Crippen molar-refractivity contribution in [3.8, 4) is 0 Å². The number of ketones is 1. The maximum absolute atomic E-state index is 12.5. The molecule has 1 aliphatic heterocycles. The second-order valence-electron chi connectivity index (χ2n) is 7.42. The molecule has 6 nitrogen and oxygen atoms in total. The lowest BCUT2D eigenvalue weighted by Gasteiger charge is -2.20. The van der Waals surface area contributed by atoms with Crippen molar-refractivity contribution in [2.45, 2.75) is 19.0 Å². The molecule has 1 aromatic heterocycles. The Bertz CT molecular complexity index is 1160. The number of hydrogen-bond acceptors (Lipinski definition) is 4. The zero-order chi connectivity index (χ0) is 24.0. The first-order valence-corrected chi connectivity index (χ1v) is 10.2. The largest absolute Gasteiger partial charge is 0.417 e. The van der Waals surface area contributed by atoms with Crippen molar-refractivity contribution >= 4 is 17.4 Å². The number of carbonyl (C=O) groups excluding carboxylic acids is 2. The predicted octanol–water partition coefficient (Wildman–Crippen LogP) is 4.01. The Morgan fingerprint density at radius 2 is 1.58 bits per heavy atom. The fourth-order valence-corrected chi connectivity index (χ4v) is 3.45. The third-order valence-corrected chi connectivity index (χ3v) is 5.12. The average Bonchev–Trinajstić information content (AvgIpc) is 3.34. The highest BCUT2D eigenvalue weighted by Crippen LogP contribution is 2.28. The molecule has 4 rings (SSSR count). The number of amides is 1. The highest BCUT2D eigenvalue weighted by Gasteiger charge is 2.30. The number of nitrogens with one attached hydrogen (secondary N) is 1. The van der Waals surface area contributed by atoms with E-state index < -0.39 is 23.2 Å². The molecule has 1 fully saturated rings. The third-order valence-electron chi connectivity index (χ3n) is 5.12. The second kappa shape index (κ2) is 10.2. The molecule has 3 N–H and O–H groups in total. The Labute approximate surface area is 187 Å². The summed E-state index contributed by atoms with van der Waals surface area (Å²) in [7, 11) is 0. The van der Waals surface area contributed by atoms with E-state index in [1.807, 2.05) is 29.2 Å². The number of alkyl halides is 3. The van der Waals surface area contributed by atoms with E-state index in [-0.39, 0.29) is 5.78 Å². The molecule has 172 valence electrons. The lowest BCUT2D eigenvalue weighted by atomic mass is 9.99. The van der Waals surface area contributed by atoms with Crippen LogP contribution in [0, 0.1) is 0 Å². The number of H-pyrrole nitrogens is 1. The van der Waals surface area contributed by atoms with Crippen LogP contribution in [0.15, 0.2) is 71.7 Å². The number of carbonyl (C=O) groups is 2. The summed E-state index contributed by atoms with van der Waals surface area (Å²) in [4.78, 5) is 38.7. The molecular weight excluding hydrogens is 435 g/mol. The van der Waals surface area contributed by atoms with Crippen molar-refractivity contribution in [2.24, 2.45) is 5.73 Å². The Morgan fingerprint density at radius 3 is 2.12 bits per heavy atom. The van der Waals surface area contributed by atoms with Gasteiger partial charge in [0.25, 0.3) is 5.91 Å². The molecule has 33 heavy (non-hydrogen) atoms. The van der Waals surface area contributed by atoms with Gasteiger partial charge in [-0.2, -0.15) is 13.2 Å². The molecule has 0 bridgehead atoms. The van der Waals surface area contributed by atoms with Crippen LogP contribution < -0.4 is 16.2 Å². The Balaban J connectivity index is 0.000000235. The highest BCUT2D eigenvalue weighted by atomic mass is 19.4. The number of halogens is 3. The van der Waals surface area contributed by atoms with Crippen molar-refractivity contribution in [1.29, 1.82) is 0 Å². The van der Waals surface area contributed by atoms with Gasteiger partial charge in [-0.15, -0.1) is 0 Å². The summed E-state index contributed by atoms with van der Waals surface area (Å²) in [6.45, 7) is 1.85. The highest BCUT2D eigenvalue weighted by molar-refractivity contribution is 6.11. The summed E-state index contributed by atoms with van der Waals surface area (Å²) >= 11 is 0. The summed E-state index contributed by atoms with van der Waals surface area (Å²) in [6.07, 6.45) is -1.52. The monoisotopic (exact) mass is 457 g/mol. The van der Waals surface area contributed by atoms with Gasteiger partial charge in [0, 0.05) is 42.2 Å². The van der Waals surface area contributed by atoms with Gasteiger partial charge in [-0.3, -0.25) is 14.4 Å². The Kier molecular flexibility index (Phi) is 7.32. The molecule has 1 amide bonds. The van der Waals surface area contributed by atoms with Crippen molar-refractivity contribution in [3.05, 3.63) is 99.5 Å². The molecule has 1 saturated heterocycles. The topological polar surface area (TPSA) is 96.3 Å². The molecule has 0 saturated carbocycles. The molecule has 2 aromatic carbocycles. The van der Waals surface area contributed by atoms with Gasteiger partial charge in [-0.1, -0.05) is 30.3 Å². The zero-order valence-corrected chi connectivity index (χ0v) is 17.6. The van der Waals surface area contributed by atoms with Crippen molar-refractivity contribution in [3.63, 3.8) is 0 Å². The Morgan fingerprint density at radius 1 is 0.909 bits per heavy atom. The number of anilines is 1. The van der Waals surface area contributed by atoms with Crippen LogP contribution in [0.4, 0.5) is 18.9 Å². The van der Waals surface area contributed by atoms with Gasteiger partial charge in [0.05, 0.1) is 11.1 Å². The van der Waals surface area contributed by atoms with Gasteiger partial charge in [0.1, 0.15) is 0 Å². The molecule has 0 radical (unpaired) electrons. The van der Waals surface area contributed by atoms with E-state index in [0.717, 1.165) is 43.8 Å². The molecule has 0 spiro atoms. The van der Waals surface area contributed by atoms with E-state index in [4.69, 9.17) is 5.73 Å². The number of hydrogen-bond donors (Lipinski definition) is 2. The standard InChI is InChI=1S/C18H18N2O2.C6H4F3NO/c19-18(22)15-12-14(17(21)13-6-2-1-3-7-13)8-9-16(15)20-10-4-5-11-20;7-6(8,9)4-1-2-5(11)10-3-4/h1-3,6-9,12H,4-5,10-11H2,(H2,19,22);1-3H,(H,10,11). The fraction of sp³-hybridized carbons (Fsp3) is 0.208. The minimum Gasteiger partial charge on any atom is -0.371 e. The summed E-state index contributed by atoms with van der Waals surface area (Å²) in [6, 6.07) is 15.8. The van der Waals surface area contributed by atoms with Gasteiger partial charge in [-0.05, 0) is 37.1 Å². The molecule has 0 unspecified atom stereocenters. The Hall–Kier alpha value is -3.88. The SMILES string of the molecule is NC(=O)c1cc(C(=O)c2ccccc2)ccc1N1CCCC1.O=c1ccc(C(F)(F)F)c[nH]1. The van der Waals surface area contributed by atoms with E-state index in [9.17, 15) is 27.6 Å². The van der Waals surface area contributed by atoms with Crippen LogP contribution >= 0.6 is 0 Å². The molecule has 3 aromatic rings. The fourth-order valence-electron chi connectivity index (χ4n) is 3.45. The number of primary amides is 1. The van der Waals surface area contributed by atoms with E-state index >= 15 is 0 Å². The van der Waals surface area contributed by atoms with Crippen LogP contribution in [0.5, 0.6) is 0 Å². The third kappa shape index (κ3) is 6.09. The van der Waals surface area contributed by atoms with Gasteiger partial charge in [-0.25, -0.2) is 0 Å². The van der Waals surface area contributed by atoms with E-state index in [1.54, 1.807) is 24.3 Å². The molecule has 0 aliphatic carbocycles. The zero-order valence-electron chi connectivity index (χ0n) is 17.6. The van der Waals surface area contributed by atoms with Crippen LogP contribution in [0.3, 0.4) is 0 Å². The number of aromatic nitrogens is 1. The van der Waals surface area contributed by atoms with E-state index in [0.29, 0.717) is 22.9 Å². The molecule has 2 heterocycles. The lowest BCUT2D eigenvalue weighted by molar-refractivity contribution is -0.137. The van der Waals surface area contributed by atoms with Crippen LogP contribution in [-0.2, 0) is 6.18 Å². The van der Waals surface area contributed by atoms with Crippen LogP contribution in [0.2, 0.25) is 0 Å². The minimum absolute atomic E-state index is 0.101. The summed E-state index contributed by atoms with van der Waals surface area (Å²) in [5.74, 6) is -0.597. The number of aromatic amines is 1. The normalized spacial score (nSPS) is 13.2. The summed E-state index contributed by atoms with van der Waals surface area (Å²) < 4.78 is 35.4. The number of benzene rings is 2. The van der Waals surface area contributed by atoms with Gasteiger partial charge in [0.2, 0.25) is 5.56 Å². The molecule has 9 heteroatoms. The number of pyridine rings is 1. The number of nitrogens with zero attached hydrogens (tertiary/aromatic N) is 1. The summed E-state index contributed by atoms with van der Waals surface area (Å²) in [5, 5.41) is 0.